The standard InChI is InChI=1S/C18H22N2O3/c1-13(14-9-11-19-12-10-14)20-17(21)8-7-15-5-4-6-16(22-2)18(15)23-3/h4-6,9-13H,7-8H2,1-3H3,(H,20,21)/t13-/m0/s1. The molecule has 5 nitrogen and oxygen atoms in total. The molecular formula is C18H22N2O3. The van der Waals surface area contributed by atoms with Crippen LogP contribution in [-0.4, -0.2) is 25.1 Å². The van der Waals surface area contributed by atoms with E-state index in [0.717, 1.165) is 11.1 Å². The van der Waals surface area contributed by atoms with Crippen LogP contribution in [0.15, 0.2) is 42.7 Å². The monoisotopic (exact) mass is 314 g/mol. The van der Waals surface area contributed by atoms with Crippen LogP contribution >= 0.6 is 0 Å². The number of para-hydroxylation sites is 1. The van der Waals surface area contributed by atoms with Gasteiger partial charge < -0.3 is 14.8 Å². The largest absolute Gasteiger partial charge is 0.493 e. The number of hydrogen-bond acceptors (Lipinski definition) is 4. The SMILES string of the molecule is COc1cccc(CCC(=O)N[C@@H](C)c2ccncc2)c1OC. The molecule has 0 aliphatic heterocycles. The Morgan fingerprint density at radius 3 is 2.57 bits per heavy atom. The van der Waals surface area contributed by atoms with Gasteiger partial charge in [-0.15, -0.1) is 0 Å². The number of amides is 1. The molecule has 0 bridgehead atoms. The Bertz CT molecular complexity index is 644. The quantitative estimate of drug-likeness (QED) is 0.853. The van der Waals surface area contributed by atoms with E-state index in [1.807, 2.05) is 37.3 Å². The van der Waals surface area contributed by atoms with Crippen LogP contribution in [0.2, 0.25) is 0 Å². The number of aryl methyl sites for hydroxylation is 1. The van der Waals surface area contributed by atoms with E-state index in [0.29, 0.717) is 24.3 Å². The molecule has 0 spiro atoms. The van der Waals surface area contributed by atoms with Crippen LogP contribution in [0, 0.1) is 0 Å². The Morgan fingerprint density at radius 2 is 1.91 bits per heavy atom. The van der Waals surface area contributed by atoms with E-state index < -0.39 is 0 Å². The van der Waals surface area contributed by atoms with Gasteiger partial charge >= 0.3 is 0 Å². The lowest BCUT2D eigenvalue weighted by molar-refractivity contribution is -0.121. The molecule has 2 rings (SSSR count). The van der Waals surface area contributed by atoms with E-state index in [4.69, 9.17) is 9.47 Å². The molecule has 1 aromatic carbocycles. The summed E-state index contributed by atoms with van der Waals surface area (Å²) in [7, 11) is 3.21. The second kappa shape index (κ2) is 8.17. The molecule has 0 unspecified atom stereocenters. The summed E-state index contributed by atoms with van der Waals surface area (Å²) in [5.74, 6) is 1.36. The van der Waals surface area contributed by atoms with Gasteiger partial charge in [-0.25, -0.2) is 0 Å². The van der Waals surface area contributed by atoms with Crippen LogP contribution < -0.4 is 14.8 Å². The first-order valence-electron chi connectivity index (χ1n) is 7.55. The molecule has 23 heavy (non-hydrogen) atoms. The first kappa shape index (κ1) is 16.8. The summed E-state index contributed by atoms with van der Waals surface area (Å²) in [6.45, 7) is 1.96. The molecule has 0 aliphatic rings. The summed E-state index contributed by atoms with van der Waals surface area (Å²) in [6, 6.07) is 9.44. The van der Waals surface area contributed by atoms with Crippen LogP contribution in [0.3, 0.4) is 0 Å². The van der Waals surface area contributed by atoms with Gasteiger partial charge in [-0.2, -0.15) is 0 Å². The Labute approximate surface area is 136 Å². The number of aromatic nitrogens is 1. The summed E-state index contributed by atoms with van der Waals surface area (Å²) in [6.07, 6.45) is 4.42. The van der Waals surface area contributed by atoms with Gasteiger partial charge in [0.2, 0.25) is 5.91 Å². The molecule has 0 aliphatic carbocycles. The molecular weight excluding hydrogens is 292 g/mol. The van der Waals surface area contributed by atoms with Gasteiger partial charge in [0.05, 0.1) is 20.3 Å². The third-order valence-corrected chi connectivity index (χ3v) is 3.69. The Morgan fingerprint density at radius 1 is 1.17 bits per heavy atom. The maximum atomic E-state index is 12.2. The summed E-state index contributed by atoms with van der Waals surface area (Å²) in [5, 5.41) is 2.99. The normalized spacial score (nSPS) is 11.6. The first-order chi connectivity index (χ1) is 11.2. The van der Waals surface area contributed by atoms with E-state index in [1.54, 1.807) is 26.6 Å². The van der Waals surface area contributed by atoms with Gasteiger partial charge in [0, 0.05) is 18.8 Å². The number of nitrogens with zero attached hydrogens (tertiary/aromatic N) is 1. The van der Waals surface area contributed by atoms with Crippen molar-refractivity contribution in [2.24, 2.45) is 0 Å². The third kappa shape index (κ3) is 4.45. The highest BCUT2D eigenvalue weighted by Crippen LogP contribution is 2.31. The predicted molar refractivity (Wildman–Crippen MR) is 88.7 cm³/mol. The van der Waals surface area contributed by atoms with Crippen LogP contribution in [-0.2, 0) is 11.2 Å². The smallest absolute Gasteiger partial charge is 0.220 e. The molecule has 1 amide bonds. The molecule has 122 valence electrons. The van der Waals surface area contributed by atoms with Crippen molar-refractivity contribution in [3.8, 4) is 11.5 Å². The lowest BCUT2D eigenvalue weighted by atomic mass is 10.1. The minimum absolute atomic E-state index is 0.000754. The van der Waals surface area contributed by atoms with Crippen molar-refractivity contribution in [3.63, 3.8) is 0 Å². The molecule has 0 radical (unpaired) electrons. The van der Waals surface area contributed by atoms with Gasteiger partial charge in [0.25, 0.3) is 0 Å². The number of benzene rings is 1. The maximum Gasteiger partial charge on any atom is 0.220 e. The van der Waals surface area contributed by atoms with Crippen molar-refractivity contribution in [2.75, 3.05) is 14.2 Å². The fourth-order valence-corrected chi connectivity index (χ4v) is 2.45. The van der Waals surface area contributed by atoms with Crippen molar-refractivity contribution in [1.82, 2.24) is 10.3 Å². The van der Waals surface area contributed by atoms with Crippen molar-refractivity contribution < 1.29 is 14.3 Å². The number of rotatable bonds is 7. The average Bonchev–Trinajstić information content (AvgIpc) is 2.60. The zero-order chi connectivity index (χ0) is 16.7. The van der Waals surface area contributed by atoms with E-state index in [9.17, 15) is 4.79 Å². The number of carbonyl (C=O) groups excluding carboxylic acids is 1. The Kier molecular flexibility index (Phi) is 5.97. The zero-order valence-electron chi connectivity index (χ0n) is 13.7. The number of ether oxygens (including phenoxy) is 2. The zero-order valence-corrected chi connectivity index (χ0v) is 13.7. The number of nitrogens with one attached hydrogen (secondary N) is 1. The second-order valence-electron chi connectivity index (χ2n) is 5.22. The van der Waals surface area contributed by atoms with Crippen LogP contribution in [0.25, 0.3) is 0 Å². The highest BCUT2D eigenvalue weighted by molar-refractivity contribution is 5.76. The topological polar surface area (TPSA) is 60.5 Å². The maximum absolute atomic E-state index is 12.2. The molecule has 1 aromatic heterocycles. The Hall–Kier alpha value is -2.56. The summed E-state index contributed by atoms with van der Waals surface area (Å²) in [4.78, 5) is 16.1. The highest BCUT2D eigenvalue weighted by atomic mass is 16.5. The Balaban J connectivity index is 1.95. The molecule has 1 heterocycles. The third-order valence-electron chi connectivity index (χ3n) is 3.69. The lowest BCUT2D eigenvalue weighted by Crippen LogP contribution is -2.26. The van der Waals surface area contributed by atoms with Gasteiger partial charge in [-0.1, -0.05) is 12.1 Å². The van der Waals surface area contributed by atoms with Crippen molar-refractivity contribution >= 4 is 5.91 Å². The molecule has 0 fully saturated rings. The van der Waals surface area contributed by atoms with E-state index in [2.05, 4.69) is 10.3 Å². The van der Waals surface area contributed by atoms with Gasteiger partial charge in [-0.3, -0.25) is 9.78 Å². The summed E-state index contributed by atoms with van der Waals surface area (Å²) < 4.78 is 10.7. The number of pyridine rings is 1. The molecule has 1 N–H and O–H groups in total. The molecule has 5 heteroatoms. The summed E-state index contributed by atoms with van der Waals surface area (Å²) in [5.41, 5.74) is 1.99. The fourth-order valence-electron chi connectivity index (χ4n) is 2.45. The highest BCUT2D eigenvalue weighted by Gasteiger charge is 2.13. The lowest BCUT2D eigenvalue weighted by Gasteiger charge is -2.15. The minimum Gasteiger partial charge on any atom is -0.493 e. The van der Waals surface area contributed by atoms with Crippen molar-refractivity contribution in [2.45, 2.75) is 25.8 Å². The van der Waals surface area contributed by atoms with Crippen LogP contribution in [0.4, 0.5) is 0 Å². The molecule has 2 aromatic rings. The fraction of sp³-hybridized carbons (Fsp3) is 0.333. The van der Waals surface area contributed by atoms with Crippen LogP contribution in [0.5, 0.6) is 11.5 Å². The molecule has 0 saturated carbocycles. The molecule has 1 atom stereocenters. The number of carbonyl (C=O) groups is 1. The van der Waals surface area contributed by atoms with Gasteiger partial charge in [0.15, 0.2) is 11.5 Å². The van der Waals surface area contributed by atoms with Gasteiger partial charge in [-0.05, 0) is 42.7 Å². The minimum atomic E-state index is -0.0438. The number of methoxy groups -OCH3 is 2. The van der Waals surface area contributed by atoms with E-state index >= 15 is 0 Å². The van der Waals surface area contributed by atoms with Crippen molar-refractivity contribution in [1.29, 1.82) is 0 Å². The molecule has 0 saturated heterocycles. The van der Waals surface area contributed by atoms with Crippen molar-refractivity contribution in [3.05, 3.63) is 53.9 Å². The first-order valence-corrected chi connectivity index (χ1v) is 7.55. The average molecular weight is 314 g/mol. The predicted octanol–water partition coefficient (Wildman–Crippen LogP) is 2.91. The summed E-state index contributed by atoms with van der Waals surface area (Å²) >= 11 is 0. The van der Waals surface area contributed by atoms with Gasteiger partial charge in [0.1, 0.15) is 0 Å². The van der Waals surface area contributed by atoms with Crippen LogP contribution in [0.1, 0.15) is 30.5 Å². The number of hydrogen-bond donors (Lipinski definition) is 1. The van der Waals surface area contributed by atoms with E-state index in [1.165, 1.54) is 0 Å². The van der Waals surface area contributed by atoms with E-state index in [-0.39, 0.29) is 11.9 Å². The second-order valence-corrected chi connectivity index (χ2v) is 5.22.